The lowest BCUT2D eigenvalue weighted by Crippen LogP contribution is -2.32. The maximum Gasteiger partial charge on any atom is 0.222 e. The third-order valence-electron chi connectivity index (χ3n) is 2.51. The first-order valence-corrected chi connectivity index (χ1v) is 5.49. The van der Waals surface area contributed by atoms with Gasteiger partial charge < -0.3 is 10.2 Å². The fraction of sp³-hybridized carbons (Fsp3) is 0.636. The third kappa shape index (κ3) is 4.02. The van der Waals surface area contributed by atoms with Crippen molar-refractivity contribution in [2.24, 2.45) is 7.05 Å². The van der Waals surface area contributed by atoms with Crippen molar-refractivity contribution in [2.45, 2.75) is 12.8 Å². The third-order valence-corrected chi connectivity index (χ3v) is 2.51. The summed E-state index contributed by atoms with van der Waals surface area (Å²) in [6.07, 6.45) is 5.06. The number of aryl methyl sites for hydroxylation is 2. The SMILES string of the molecule is CNCCN(C)C(=O)CCc1cnn(C)c1. The number of carbonyl (C=O) groups excluding carboxylic acids is 1. The van der Waals surface area contributed by atoms with Crippen molar-refractivity contribution < 1.29 is 4.79 Å². The summed E-state index contributed by atoms with van der Waals surface area (Å²) in [6, 6.07) is 0. The first-order valence-electron chi connectivity index (χ1n) is 5.49. The predicted molar refractivity (Wildman–Crippen MR) is 63.1 cm³/mol. The number of carbonyl (C=O) groups is 1. The number of likely N-dealkylation sites (N-methyl/N-ethyl adjacent to an activating group) is 2. The van der Waals surface area contributed by atoms with Gasteiger partial charge in [-0.2, -0.15) is 5.10 Å². The van der Waals surface area contributed by atoms with E-state index in [1.807, 2.05) is 27.3 Å². The fourth-order valence-corrected chi connectivity index (χ4v) is 1.45. The van der Waals surface area contributed by atoms with Crippen LogP contribution in [0.5, 0.6) is 0 Å². The maximum atomic E-state index is 11.7. The van der Waals surface area contributed by atoms with E-state index in [-0.39, 0.29) is 5.91 Å². The Balaban J connectivity index is 2.29. The summed E-state index contributed by atoms with van der Waals surface area (Å²) >= 11 is 0. The van der Waals surface area contributed by atoms with Crippen molar-refractivity contribution in [3.63, 3.8) is 0 Å². The Morgan fingerprint density at radius 1 is 1.62 bits per heavy atom. The number of hydrogen-bond acceptors (Lipinski definition) is 3. The van der Waals surface area contributed by atoms with Crippen molar-refractivity contribution in [3.05, 3.63) is 18.0 Å². The fourth-order valence-electron chi connectivity index (χ4n) is 1.45. The van der Waals surface area contributed by atoms with Gasteiger partial charge >= 0.3 is 0 Å². The molecule has 1 aromatic rings. The Bertz CT molecular complexity index is 334. The summed E-state index contributed by atoms with van der Waals surface area (Å²) in [5.74, 6) is 0.180. The van der Waals surface area contributed by atoms with Crippen molar-refractivity contribution in [1.29, 1.82) is 0 Å². The monoisotopic (exact) mass is 224 g/mol. The van der Waals surface area contributed by atoms with Crippen LogP contribution in [-0.2, 0) is 18.3 Å². The normalized spacial score (nSPS) is 10.4. The van der Waals surface area contributed by atoms with Crippen LogP contribution < -0.4 is 5.32 Å². The zero-order chi connectivity index (χ0) is 12.0. The number of nitrogens with one attached hydrogen (secondary N) is 1. The van der Waals surface area contributed by atoms with E-state index in [1.165, 1.54) is 0 Å². The summed E-state index contributed by atoms with van der Waals surface area (Å²) in [6.45, 7) is 1.58. The first kappa shape index (κ1) is 12.7. The highest BCUT2D eigenvalue weighted by Crippen LogP contribution is 2.02. The van der Waals surface area contributed by atoms with Crippen molar-refractivity contribution in [1.82, 2.24) is 20.0 Å². The van der Waals surface area contributed by atoms with Gasteiger partial charge in [0.25, 0.3) is 0 Å². The average Bonchev–Trinajstić information content (AvgIpc) is 2.68. The average molecular weight is 224 g/mol. The molecule has 90 valence electrons. The highest BCUT2D eigenvalue weighted by molar-refractivity contribution is 5.76. The lowest BCUT2D eigenvalue weighted by molar-refractivity contribution is -0.129. The van der Waals surface area contributed by atoms with Gasteiger partial charge in [-0.25, -0.2) is 0 Å². The van der Waals surface area contributed by atoms with Crippen molar-refractivity contribution in [2.75, 3.05) is 27.2 Å². The number of hydrogen-bond donors (Lipinski definition) is 1. The smallest absolute Gasteiger partial charge is 0.222 e. The van der Waals surface area contributed by atoms with Gasteiger partial charge in [0, 0.05) is 39.8 Å². The summed E-state index contributed by atoms with van der Waals surface area (Å²) in [7, 11) is 5.60. The molecule has 1 rings (SSSR count). The second-order valence-corrected chi connectivity index (χ2v) is 3.94. The van der Waals surface area contributed by atoms with Crippen LogP contribution in [0.1, 0.15) is 12.0 Å². The minimum atomic E-state index is 0.180. The van der Waals surface area contributed by atoms with E-state index in [9.17, 15) is 4.79 Å². The van der Waals surface area contributed by atoms with E-state index in [2.05, 4.69) is 10.4 Å². The van der Waals surface area contributed by atoms with Gasteiger partial charge in [0.2, 0.25) is 5.91 Å². The second kappa shape index (κ2) is 6.27. The quantitative estimate of drug-likeness (QED) is 0.741. The van der Waals surface area contributed by atoms with Crippen molar-refractivity contribution in [3.8, 4) is 0 Å². The van der Waals surface area contributed by atoms with E-state index in [4.69, 9.17) is 0 Å². The van der Waals surface area contributed by atoms with E-state index in [0.29, 0.717) is 6.42 Å². The molecule has 5 heteroatoms. The van der Waals surface area contributed by atoms with Gasteiger partial charge in [-0.05, 0) is 19.0 Å². The van der Waals surface area contributed by atoms with E-state index in [0.717, 1.165) is 25.1 Å². The van der Waals surface area contributed by atoms with Crippen LogP contribution >= 0.6 is 0 Å². The Labute approximate surface area is 96.4 Å². The van der Waals surface area contributed by atoms with Crippen LogP contribution in [0.3, 0.4) is 0 Å². The van der Waals surface area contributed by atoms with Crippen LogP contribution in [0.15, 0.2) is 12.4 Å². The first-order chi connectivity index (χ1) is 7.63. The molecule has 1 aromatic heterocycles. The molecule has 0 spiro atoms. The van der Waals surface area contributed by atoms with Crippen LogP contribution in [-0.4, -0.2) is 47.8 Å². The predicted octanol–water partition coefficient (Wildman–Crippen LogP) is 0.0305. The summed E-state index contributed by atoms with van der Waals surface area (Å²) < 4.78 is 1.75. The molecule has 0 bridgehead atoms. The lowest BCUT2D eigenvalue weighted by atomic mass is 10.2. The van der Waals surface area contributed by atoms with Crippen LogP contribution in [0, 0.1) is 0 Å². The van der Waals surface area contributed by atoms with Crippen LogP contribution in [0.25, 0.3) is 0 Å². The largest absolute Gasteiger partial charge is 0.344 e. The summed E-state index contributed by atoms with van der Waals surface area (Å²) in [4.78, 5) is 13.5. The molecule has 1 amide bonds. The zero-order valence-corrected chi connectivity index (χ0v) is 10.2. The molecule has 0 aliphatic carbocycles. The number of rotatable bonds is 6. The molecule has 0 saturated carbocycles. The Hall–Kier alpha value is -1.36. The van der Waals surface area contributed by atoms with Crippen LogP contribution in [0.2, 0.25) is 0 Å². The molecule has 0 aromatic carbocycles. The number of amides is 1. The lowest BCUT2D eigenvalue weighted by Gasteiger charge is -2.16. The topological polar surface area (TPSA) is 50.2 Å². The van der Waals surface area contributed by atoms with Gasteiger partial charge in [-0.3, -0.25) is 9.48 Å². The number of nitrogens with zero attached hydrogens (tertiary/aromatic N) is 3. The Kier molecular flexibility index (Phi) is 4.98. The van der Waals surface area contributed by atoms with E-state index >= 15 is 0 Å². The van der Waals surface area contributed by atoms with Crippen molar-refractivity contribution >= 4 is 5.91 Å². The second-order valence-electron chi connectivity index (χ2n) is 3.94. The molecule has 1 N–H and O–H groups in total. The van der Waals surface area contributed by atoms with Gasteiger partial charge in [0.05, 0.1) is 6.20 Å². The van der Waals surface area contributed by atoms with Gasteiger partial charge in [0.1, 0.15) is 0 Å². The van der Waals surface area contributed by atoms with Gasteiger partial charge in [-0.1, -0.05) is 0 Å². The molecule has 0 atom stereocenters. The molecule has 1 heterocycles. The molecule has 0 aliphatic heterocycles. The summed E-state index contributed by atoms with van der Waals surface area (Å²) in [5, 5.41) is 7.09. The molecule has 0 fully saturated rings. The minimum Gasteiger partial charge on any atom is -0.344 e. The minimum absolute atomic E-state index is 0.180. The van der Waals surface area contributed by atoms with Crippen LogP contribution in [0.4, 0.5) is 0 Å². The van der Waals surface area contributed by atoms with E-state index < -0.39 is 0 Å². The molecule has 0 radical (unpaired) electrons. The Morgan fingerprint density at radius 2 is 2.38 bits per heavy atom. The molecular formula is C11H20N4O. The molecular weight excluding hydrogens is 204 g/mol. The van der Waals surface area contributed by atoms with Gasteiger partial charge in [-0.15, -0.1) is 0 Å². The molecule has 0 unspecified atom stereocenters. The van der Waals surface area contributed by atoms with E-state index in [1.54, 1.807) is 15.8 Å². The summed E-state index contributed by atoms with van der Waals surface area (Å²) in [5.41, 5.74) is 1.11. The maximum absolute atomic E-state index is 11.7. The highest BCUT2D eigenvalue weighted by Gasteiger charge is 2.08. The molecule has 5 nitrogen and oxygen atoms in total. The van der Waals surface area contributed by atoms with Gasteiger partial charge in [0.15, 0.2) is 0 Å². The standard InChI is InChI=1S/C11H20N4O/c1-12-6-7-14(2)11(16)5-4-10-8-13-15(3)9-10/h8-9,12H,4-7H2,1-3H3. The zero-order valence-electron chi connectivity index (χ0n) is 10.2. The molecule has 16 heavy (non-hydrogen) atoms. The highest BCUT2D eigenvalue weighted by atomic mass is 16.2. The molecule has 0 saturated heterocycles. The Morgan fingerprint density at radius 3 is 2.94 bits per heavy atom. The molecule has 0 aliphatic rings. The number of aromatic nitrogens is 2.